The molecule has 3 aromatic rings. The zero-order chi connectivity index (χ0) is 26.0. The maximum Gasteiger partial charge on any atom is 0.349 e. The van der Waals surface area contributed by atoms with E-state index < -0.39 is 11.4 Å². The summed E-state index contributed by atoms with van der Waals surface area (Å²) in [6, 6.07) is 9.28. The molecule has 2 amide bonds. The molecule has 0 radical (unpaired) electrons. The van der Waals surface area contributed by atoms with Gasteiger partial charge >= 0.3 is 5.97 Å². The third-order valence-electron chi connectivity index (χ3n) is 6.20. The normalized spacial score (nSPS) is 14.2. The molecule has 0 saturated carbocycles. The molecule has 0 spiro atoms. The molecule has 2 N–H and O–H groups in total. The first-order valence-corrected chi connectivity index (χ1v) is 12.5. The standard InChI is InChI=1S/C25H26ClN5O4S/c1-14(2)15-7-5-6-8-17(15)25(12-31(13-25)24-29-11-19(36-24)22(33)35-4)23(34)30-18-10-28-20(26)9-16(18)21(32)27-3/h5-11,14H,12-13H2,1-4H3,(H,27,32)(H,30,34). The fourth-order valence-corrected chi connectivity index (χ4v) is 5.30. The second-order valence-electron chi connectivity index (χ2n) is 8.76. The summed E-state index contributed by atoms with van der Waals surface area (Å²) in [5.41, 5.74) is 1.53. The Morgan fingerprint density at radius 1 is 1.17 bits per heavy atom. The third-order valence-corrected chi connectivity index (χ3v) is 7.44. The summed E-state index contributed by atoms with van der Waals surface area (Å²) in [5.74, 6) is -0.930. The minimum Gasteiger partial charge on any atom is -0.465 e. The van der Waals surface area contributed by atoms with E-state index in [1.807, 2.05) is 29.2 Å². The second-order valence-corrected chi connectivity index (χ2v) is 10.2. The lowest BCUT2D eigenvalue weighted by Crippen LogP contribution is -2.65. The third kappa shape index (κ3) is 4.66. The topological polar surface area (TPSA) is 114 Å². The van der Waals surface area contributed by atoms with Crippen LogP contribution in [0.1, 0.15) is 50.9 Å². The van der Waals surface area contributed by atoms with Gasteiger partial charge in [0.05, 0.1) is 30.8 Å². The van der Waals surface area contributed by atoms with Gasteiger partial charge in [0.25, 0.3) is 5.91 Å². The van der Waals surface area contributed by atoms with Crippen molar-refractivity contribution in [3.63, 3.8) is 0 Å². The number of aromatic nitrogens is 2. The van der Waals surface area contributed by atoms with E-state index in [-0.39, 0.29) is 34.1 Å². The van der Waals surface area contributed by atoms with Gasteiger partial charge in [0.15, 0.2) is 5.13 Å². The number of amides is 2. The molecule has 11 heteroatoms. The summed E-state index contributed by atoms with van der Waals surface area (Å²) in [7, 11) is 2.82. The van der Waals surface area contributed by atoms with Crippen molar-refractivity contribution in [2.24, 2.45) is 0 Å². The van der Waals surface area contributed by atoms with E-state index in [1.165, 1.54) is 44.0 Å². The molecule has 188 valence electrons. The number of esters is 1. The first-order valence-electron chi connectivity index (χ1n) is 11.3. The smallest absolute Gasteiger partial charge is 0.349 e. The molecule has 1 fully saturated rings. The molecule has 1 saturated heterocycles. The highest BCUT2D eigenvalue weighted by Crippen LogP contribution is 2.43. The first-order chi connectivity index (χ1) is 17.2. The summed E-state index contributed by atoms with van der Waals surface area (Å²) in [4.78, 5) is 49.0. The number of thiazole rings is 1. The van der Waals surface area contributed by atoms with E-state index in [9.17, 15) is 14.4 Å². The predicted octanol–water partition coefficient (Wildman–Crippen LogP) is 3.86. The molecule has 2 aromatic heterocycles. The number of carbonyl (C=O) groups is 3. The van der Waals surface area contributed by atoms with E-state index in [0.29, 0.717) is 23.1 Å². The molecule has 9 nitrogen and oxygen atoms in total. The molecule has 1 aliphatic rings. The number of halogens is 1. The Bertz CT molecular complexity index is 1320. The minimum atomic E-state index is -0.919. The molecule has 1 aromatic carbocycles. The summed E-state index contributed by atoms with van der Waals surface area (Å²) in [6.07, 6.45) is 2.86. The van der Waals surface area contributed by atoms with Crippen LogP contribution in [0.3, 0.4) is 0 Å². The van der Waals surface area contributed by atoms with Crippen molar-refractivity contribution in [1.82, 2.24) is 15.3 Å². The van der Waals surface area contributed by atoms with E-state index in [1.54, 1.807) is 0 Å². The van der Waals surface area contributed by atoms with Crippen LogP contribution in [-0.4, -0.2) is 55.0 Å². The van der Waals surface area contributed by atoms with Gasteiger partial charge in [-0.2, -0.15) is 0 Å². The van der Waals surface area contributed by atoms with Gasteiger partial charge in [0.2, 0.25) is 5.91 Å². The van der Waals surface area contributed by atoms with E-state index in [2.05, 4.69) is 34.4 Å². The summed E-state index contributed by atoms with van der Waals surface area (Å²) >= 11 is 7.22. The number of pyridine rings is 1. The van der Waals surface area contributed by atoms with Crippen LogP contribution in [0.25, 0.3) is 0 Å². The molecule has 0 bridgehead atoms. The number of nitrogens with zero attached hydrogens (tertiary/aromatic N) is 3. The van der Waals surface area contributed by atoms with Crippen molar-refractivity contribution in [3.05, 3.63) is 69.4 Å². The average molecular weight is 528 g/mol. The lowest BCUT2D eigenvalue weighted by atomic mass is 9.70. The van der Waals surface area contributed by atoms with E-state index in [4.69, 9.17) is 16.3 Å². The van der Waals surface area contributed by atoms with Gasteiger partial charge in [-0.15, -0.1) is 0 Å². The summed E-state index contributed by atoms with van der Waals surface area (Å²) < 4.78 is 4.79. The fourth-order valence-electron chi connectivity index (χ4n) is 4.31. The lowest BCUT2D eigenvalue weighted by molar-refractivity contribution is -0.122. The number of rotatable bonds is 7. The number of benzene rings is 1. The molecular formula is C25H26ClN5O4S. The molecule has 1 aliphatic heterocycles. The van der Waals surface area contributed by atoms with Crippen molar-refractivity contribution >= 4 is 51.5 Å². The maximum absolute atomic E-state index is 14.0. The van der Waals surface area contributed by atoms with Gasteiger partial charge in [-0.25, -0.2) is 14.8 Å². The number of anilines is 2. The van der Waals surface area contributed by atoms with E-state index >= 15 is 0 Å². The predicted molar refractivity (Wildman–Crippen MR) is 139 cm³/mol. The number of hydrogen-bond donors (Lipinski definition) is 2. The highest BCUT2D eigenvalue weighted by atomic mass is 35.5. The van der Waals surface area contributed by atoms with Crippen LogP contribution >= 0.6 is 22.9 Å². The van der Waals surface area contributed by atoms with Crippen molar-refractivity contribution in [2.45, 2.75) is 25.2 Å². The van der Waals surface area contributed by atoms with Crippen LogP contribution < -0.4 is 15.5 Å². The van der Waals surface area contributed by atoms with Gasteiger partial charge in [0.1, 0.15) is 15.4 Å². The Hall–Kier alpha value is -3.50. The Kier molecular flexibility index (Phi) is 7.28. The zero-order valence-electron chi connectivity index (χ0n) is 20.3. The molecule has 0 atom stereocenters. The summed E-state index contributed by atoms with van der Waals surface area (Å²) in [5, 5.41) is 6.26. The fraction of sp³-hybridized carbons (Fsp3) is 0.320. The highest BCUT2D eigenvalue weighted by Gasteiger charge is 2.52. The Morgan fingerprint density at radius 2 is 1.89 bits per heavy atom. The molecular weight excluding hydrogens is 502 g/mol. The van der Waals surface area contributed by atoms with Gasteiger partial charge in [0, 0.05) is 20.1 Å². The van der Waals surface area contributed by atoms with Crippen molar-refractivity contribution < 1.29 is 19.1 Å². The van der Waals surface area contributed by atoms with Crippen molar-refractivity contribution in [2.75, 3.05) is 37.5 Å². The maximum atomic E-state index is 14.0. The van der Waals surface area contributed by atoms with Gasteiger partial charge < -0.3 is 20.3 Å². The van der Waals surface area contributed by atoms with Crippen LogP contribution in [0.15, 0.2) is 42.7 Å². The van der Waals surface area contributed by atoms with Crippen LogP contribution in [0.2, 0.25) is 5.15 Å². The van der Waals surface area contributed by atoms with Gasteiger partial charge in [-0.1, -0.05) is 61.1 Å². The number of carbonyl (C=O) groups excluding carboxylic acids is 3. The van der Waals surface area contributed by atoms with Gasteiger partial charge in [-0.3, -0.25) is 9.59 Å². The van der Waals surface area contributed by atoms with Crippen LogP contribution in [0, 0.1) is 0 Å². The molecule has 3 heterocycles. The Balaban J connectivity index is 1.71. The molecule has 4 rings (SSSR count). The molecule has 0 unspecified atom stereocenters. The SMILES string of the molecule is CNC(=O)c1cc(Cl)ncc1NC(=O)C1(c2ccccc2C(C)C)CN(c2ncc(C(=O)OC)s2)C1. The highest BCUT2D eigenvalue weighted by molar-refractivity contribution is 7.17. The number of nitrogens with one attached hydrogen (secondary N) is 2. The lowest BCUT2D eigenvalue weighted by Gasteiger charge is -2.50. The van der Waals surface area contributed by atoms with Crippen molar-refractivity contribution in [1.29, 1.82) is 0 Å². The largest absolute Gasteiger partial charge is 0.465 e. The molecule has 36 heavy (non-hydrogen) atoms. The summed E-state index contributed by atoms with van der Waals surface area (Å²) in [6.45, 7) is 4.84. The number of methoxy groups -OCH3 is 1. The Labute approximate surface area is 217 Å². The molecule has 0 aliphatic carbocycles. The Morgan fingerprint density at radius 3 is 2.56 bits per heavy atom. The van der Waals surface area contributed by atoms with Crippen molar-refractivity contribution in [3.8, 4) is 0 Å². The van der Waals surface area contributed by atoms with E-state index in [0.717, 1.165) is 11.1 Å². The van der Waals surface area contributed by atoms with Crippen LogP contribution in [-0.2, 0) is 14.9 Å². The van der Waals surface area contributed by atoms with Crippen LogP contribution in [0.5, 0.6) is 0 Å². The average Bonchev–Trinajstić information content (AvgIpc) is 3.33. The first kappa shape index (κ1) is 25.6. The van der Waals surface area contributed by atoms with Crippen LogP contribution in [0.4, 0.5) is 10.8 Å². The quantitative estimate of drug-likeness (QED) is 0.354. The number of ether oxygens (including phenoxy) is 1. The zero-order valence-corrected chi connectivity index (χ0v) is 21.9. The monoisotopic (exact) mass is 527 g/mol. The number of hydrogen-bond acceptors (Lipinski definition) is 8. The van der Waals surface area contributed by atoms with Gasteiger partial charge in [-0.05, 0) is 23.1 Å². The second kappa shape index (κ2) is 10.2. The minimum absolute atomic E-state index is 0.145.